The summed E-state index contributed by atoms with van der Waals surface area (Å²) < 4.78 is 5.70. The molecule has 0 bridgehead atoms. The molecule has 0 saturated carbocycles. The number of ether oxygens (including phenoxy) is 1. The molecule has 0 aliphatic rings. The molecule has 2 rings (SSSR count). The first kappa shape index (κ1) is 14.6. The van der Waals surface area contributed by atoms with Gasteiger partial charge in [0.1, 0.15) is 12.4 Å². The summed E-state index contributed by atoms with van der Waals surface area (Å²) in [7, 11) is 0. The van der Waals surface area contributed by atoms with Gasteiger partial charge in [-0.1, -0.05) is 31.2 Å². The Kier molecular flexibility index (Phi) is 5.62. The highest BCUT2D eigenvalue weighted by Crippen LogP contribution is 2.17. The second kappa shape index (κ2) is 7.70. The van der Waals surface area contributed by atoms with E-state index < -0.39 is 0 Å². The van der Waals surface area contributed by atoms with Gasteiger partial charge in [-0.25, -0.2) is 0 Å². The Labute approximate surface area is 123 Å². The standard InChI is InChI=1S/C16H19NO2S/c1-2-13-6-3-4-8-15(13)19-10-9-17-16(18)12-14-7-5-11-20-14/h3-8,11H,2,9-10,12H2,1H3,(H,17,18). The van der Waals surface area contributed by atoms with Crippen LogP contribution >= 0.6 is 11.3 Å². The molecule has 1 heterocycles. The van der Waals surface area contributed by atoms with Crippen LogP contribution in [0.3, 0.4) is 0 Å². The predicted octanol–water partition coefficient (Wildman–Crippen LogP) is 3.05. The molecule has 0 spiro atoms. The highest BCUT2D eigenvalue weighted by atomic mass is 32.1. The summed E-state index contributed by atoms with van der Waals surface area (Å²) in [5.74, 6) is 0.947. The number of thiophene rings is 1. The zero-order chi connectivity index (χ0) is 14.2. The normalized spacial score (nSPS) is 10.2. The Morgan fingerprint density at radius 3 is 2.85 bits per heavy atom. The number of carbonyl (C=O) groups excluding carboxylic acids is 1. The number of aryl methyl sites for hydroxylation is 1. The fourth-order valence-electron chi connectivity index (χ4n) is 1.92. The van der Waals surface area contributed by atoms with Crippen LogP contribution in [0.2, 0.25) is 0 Å². The van der Waals surface area contributed by atoms with Crippen LogP contribution in [0.4, 0.5) is 0 Å². The molecule has 0 unspecified atom stereocenters. The number of nitrogens with one attached hydrogen (secondary N) is 1. The molecule has 0 atom stereocenters. The van der Waals surface area contributed by atoms with Crippen LogP contribution in [0.25, 0.3) is 0 Å². The van der Waals surface area contributed by atoms with Crippen molar-refractivity contribution in [2.75, 3.05) is 13.2 Å². The van der Waals surface area contributed by atoms with E-state index in [1.807, 2.05) is 35.7 Å². The molecule has 0 radical (unpaired) electrons. The summed E-state index contributed by atoms with van der Waals surface area (Å²) in [4.78, 5) is 12.8. The van der Waals surface area contributed by atoms with Gasteiger partial charge in [-0.2, -0.15) is 0 Å². The van der Waals surface area contributed by atoms with Crippen molar-refractivity contribution in [3.05, 3.63) is 52.2 Å². The van der Waals surface area contributed by atoms with E-state index in [2.05, 4.69) is 18.3 Å². The van der Waals surface area contributed by atoms with E-state index in [4.69, 9.17) is 4.74 Å². The lowest BCUT2D eigenvalue weighted by Gasteiger charge is -2.10. The third-order valence-electron chi connectivity index (χ3n) is 2.95. The third-order valence-corrected chi connectivity index (χ3v) is 3.83. The number of carbonyl (C=O) groups is 1. The summed E-state index contributed by atoms with van der Waals surface area (Å²) >= 11 is 1.60. The number of hydrogen-bond donors (Lipinski definition) is 1. The van der Waals surface area contributed by atoms with Crippen LogP contribution < -0.4 is 10.1 Å². The summed E-state index contributed by atoms with van der Waals surface area (Å²) in [6, 6.07) is 11.9. The smallest absolute Gasteiger partial charge is 0.225 e. The Morgan fingerprint density at radius 2 is 2.10 bits per heavy atom. The lowest BCUT2D eigenvalue weighted by molar-refractivity contribution is -0.120. The van der Waals surface area contributed by atoms with Crippen molar-refractivity contribution in [1.82, 2.24) is 5.32 Å². The van der Waals surface area contributed by atoms with Crippen LogP contribution in [-0.2, 0) is 17.6 Å². The highest BCUT2D eigenvalue weighted by molar-refractivity contribution is 7.10. The molecule has 0 aliphatic heterocycles. The quantitative estimate of drug-likeness (QED) is 0.796. The fraction of sp³-hybridized carbons (Fsp3) is 0.312. The van der Waals surface area contributed by atoms with Gasteiger partial charge in [-0.15, -0.1) is 11.3 Å². The first-order valence-electron chi connectivity index (χ1n) is 6.79. The van der Waals surface area contributed by atoms with E-state index in [9.17, 15) is 4.79 Å². The molecule has 0 fully saturated rings. The molecule has 0 aliphatic carbocycles. The van der Waals surface area contributed by atoms with Gasteiger partial charge >= 0.3 is 0 Å². The van der Waals surface area contributed by atoms with Crippen molar-refractivity contribution < 1.29 is 9.53 Å². The fourth-order valence-corrected chi connectivity index (χ4v) is 2.63. The molecular formula is C16H19NO2S. The SMILES string of the molecule is CCc1ccccc1OCCNC(=O)Cc1cccs1. The van der Waals surface area contributed by atoms with E-state index in [0.717, 1.165) is 17.0 Å². The number of para-hydroxylation sites is 1. The minimum atomic E-state index is 0.0415. The molecule has 4 heteroatoms. The minimum Gasteiger partial charge on any atom is -0.491 e. The Balaban J connectivity index is 1.69. The van der Waals surface area contributed by atoms with Crippen molar-refractivity contribution in [2.45, 2.75) is 19.8 Å². The zero-order valence-corrected chi connectivity index (χ0v) is 12.4. The van der Waals surface area contributed by atoms with E-state index in [0.29, 0.717) is 19.6 Å². The molecule has 20 heavy (non-hydrogen) atoms. The van der Waals surface area contributed by atoms with E-state index >= 15 is 0 Å². The van der Waals surface area contributed by atoms with Gasteiger partial charge < -0.3 is 10.1 Å². The van der Waals surface area contributed by atoms with Gasteiger partial charge in [-0.3, -0.25) is 4.79 Å². The zero-order valence-electron chi connectivity index (χ0n) is 11.6. The van der Waals surface area contributed by atoms with Gasteiger partial charge in [0.25, 0.3) is 0 Å². The lowest BCUT2D eigenvalue weighted by atomic mass is 10.1. The van der Waals surface area contributed by atoms with E-state index in [1.54, 1.807) is 11.3 Å². The second-order valence-corrected chi connectivity index (χ2v) is 5.45. The molecule has 1 N–H and O–H groups in total. The Hall–Kier alpha value is -1.81. The Morgan fingerprint density at radius 1 is 1.25 bits per heavy atom. The topological polar surface area (TPSA) is 38.3 Å². The van der Waals surface area contributed by atoms with Gasteiger partial charge in [0.2, 0.25) is 5.91 Å². The van der Waals surface area contributed by atoms with Gasteiger partial charge in [0.15, 0.2) is 0 Å². The molecule has 1 amide bonds. The molecule has 3 nitrogen and oxygen atoms in total. The highest BCUT2D eigenvalue weighted by Gasteiger charge is 2.04. The van der Waals surface area contributed by atoms with Crippen molar-refractivity contribution in [3.8, 4) is 5.75 Å². The monoisotopic (exact) mass is 289 g/mol. The number of hydrogen-bond acceptors (Lipinski definition) is 3. The third kappa shape index (κ3) is 4.38. The summed E-state index contributed by atoms with van der Waals surface area (Å²) in [6.45, 7) is 3.13. The number of benzene rings is 1. The van der Waals surface area contributed by atoms with Crippen molar-refractivity contribution in [1.29, 1.82) is 0 Å². The molecule has 1 aromatic heterocycles. The van der Waals surface area contributed by atoms with E-state index in [1.165, 1.54) is 5.56 Å². The van der Waals surface area contributed by atoms with Gasteiger partial charge in [0.05, 0.1) is 13.0 Å². The second-order valence-electron chi connectivity index (χ2n) is 4.42. The largest absolute Gasteiger partial charge is 0.491 e. The van der Waals surface area contributed by atoms with Crippen molar-refractivity contribution >= 4 is 17.2 Å². The molecule has 2 aromatic rings. The molecule has 0 saturated heterocycles. The molecule has 1 aromatic carbocycles. The van der Waals surface area contributed by atoms with Crippen LogP contribution in [0.5, 0.6) is 5.75 Å². The maximum absolute atomic E-state index is 11.7. The van der Waals surface area contributed by atoms with Crippen LogP contribution in [0, 0.1) is 0 Å². The predicted molar refractivity (Wildman–Crippen MR) is 82.3 cm³/mol. The van der Waals surface area contributed by atoms with Crippen LogP contribution in [-0.4, -0.2) is 19.1 Å². The van der Waals surface area contributed by atoms with Crippen molar-refractivity contribution in [3.63, 3.8) is 0 Å². The first-order chi connectivity index (χ1) is 9.79. The maximum atomic E-state index is 11.7. The minimum absolute atomic E-state index is 0.0415. The number of amides is 1. The van der Waals surface area contributed by atoms with Gasteiger partial charge in [-0.05, 0) is 29.5 Å². The average molecular weight is 289 g/mol. The van der Waals surface area contributed by atoms with Crippen LogP contribution in [0.1, 0.15) is 17.4 Å². The average Bonchev–Trinajstić information content (AvgIpc) is 2.97. The maximum Gasteiger partial charge on any atom is 0.225 e. The number of rotatable bonds is 7. The summed E-state index contributed by atoms with van der Waals surface area (Å²) in [5.41, 5.74) is 1.19. The van der Waals surface area contributed by atoms with E-state index in [-0.39, 0.29) is 5.91 Å². The summed E-state index contributed by atoms with van der Waals surface area (Å²) in [6.07, 6.45) is 1.39. The Bertz CT molecular complexity index is 537. The first-order valence-corrected chi connectivity index (χ1v) is 7.67. The van der Waals surface area contributed by atoms with Crippen molar-refractivity contribution in [2.24, 2.45) is 0 Å². The van der Waals surface area contributed by atoms with Crippen LogP contribution in [0.15, 0.2) is 41.8 Å². The molecular weight excluding hydrogens is 270 g/mol. The summed E-state index contributed by atoms with van der Waals surface area (Å²) in [5, 5.41) is 4.85. The molecule has 106 valence electrons. The van der Waals surface area contributed by atoms with Gasteiger partial charge in [0, 0.05) is 4.88 Å². The lowest BCUT2D eigenvalue weighted by Crippen LogP contribution is -2.29.